The van der Waals surface area contributed by atoms with Crippen molar-refractivity contribution in [3.8, 4) is 0 Å². The van der Waals surface area contributed by atoms with Gasteiger partial charge in [-0.3, -0.25) is 0 Å². The van der Waals surface area contributed by atoms with Crippen LogP contribution >= 0.6 is 15.9 Å². The summed E-state index contributed by atoms with van der Waals surface area (Å²) in [7, 11) is -11.4. The lowest BCUT2D eigenvalue weighted by Crippen LogP contribution is -2.30. The highest BCUT2D eigenvalue weighted by Crippen LogP contribution is 2.36. The van der Waals surface area contributed by atoms with Gasteiger partial charge in [-0.05, 0) is 17.7 Å². The highest BCUT2D eigenvalue weighted by Gasteiger charge is 2.46. The Labute approximate surface area is 170 Å². The average Bonchev–Trinajstić information content (AvgIpc) is 2.92. The van der Waals surface area contributed by atoms with Crippen molar-refractivity contribution in [2.45, 2.75) is 17.6 Å². The van der Waals surface area contributed by atoms with Gasteiger partial charge < -0.3 is 4.13 Å². The number of hydrogen-bond acceptors (Lipinski definition) is 4. The SMILES string of the molecule is C[n+]1ccn(Cc2ccc(Br)cc2)c1.O=S(=O)([N-]S(=O)(=O)C(F)(F)F)C(F)(F)F. The summed E-state index contributed by atoms with van der Waals surface area (Å²) in [6, 6.07) is 8.39. The lowest BCUT2D eigenvalue weighted by Gasteiger charge is -2.22. The number of alkyl halides is 6. The van der Waals surface area contributed by atoms with Gasteiger partial charge in [0.2, 0.25) is 6.33 Å². The number of sulfonamides is 2. The molecule has 0 spiro atoms. The monoisotopic (exact) mass is 531 g/mol. The fourth-order valence-electron chi connectivity index (χ4n) is 1.61. The Balaban J connectivity index is 0.000000290. The second kappa shape index (κ2) is 9.01. The van der Waals surface area contributed by atoms with E-state index in [0.29, 0.717) is 0 Å². The standard InChI is InChI=1S/C11H12BrN2.C2F6NO4S2/c1-13-6-7-14(9-13)8-10-2-4-11(12)5-3-10;3-1(4,5)14(10,11)9-15(12,13)2(6,7)8/h2-7,9H,8H2,1H3;/q+1;-1. The fourth-order valence-corrected chi connectivity index (χ4v) is 3.58. The van der Waals surface area contributed by atoms with Gasteiger partial charge in [-0.25, -0.2) is 26.0 Å². The second-order valence-corrected chi connectivity index (χ2v) is 9.63. The molecule has 0 N–H and O–H groups in total. The molecule has 0 aliphatic heterocycles. The Kier molecular flexibility index (Phi) is 7.89. The van der Waals surface area contributed by atoms with Crippen molar-refractivity contribution in [2.75, 3.05) is 0 Å². The maximum Gasteiger partial charge on any atom is 0.480 e. The maximum atomic E-state index is 11.4. The largest absolute Gasteiger partial charge is 0.480 e. The van der Waals surface area contributed by atoms with E-state index < -0.39 is 31.1 Å². The minimum atomic E-state index is -6.72. The minimum absolute atomic E-state index is 0.778. The van der Waals surface area contributed by atoms with E-state index in [0.717, 1.165) is 15.1 Å². The normalized spacial score (nSPS) is 13.0. The number of aromatic nitrogens is 2. The molecular formula is C13H12BrF6N3O4S2. The van der Waals surface area contributed by atoms with E-state index in [1.807, 2.05) is 17.8 Å². The van der Waals surface area contributed by atoms with Crippen molar-refractivity contribution in [1.29, 1.82) is 0 Å². The van der Waals surface area contributed by atoms with Crippen molar-refractivity contribution in [3.05, 3.63) is 57.2 Å². The molecule has 0 unspecified atom stereocenters. The van der Waals surface area contributed by atoms with E-state index in [2.05, 4.69) is 57.3 Å². The molecule has 0 fully saturated rings. The molecule has 164 valence electrons. The first-order valence-electron chi connectivity index (χ1n) is 7.07. The molecule has 7 nitrogen and oxygen atoms in total. The van der Waals surface area contributed by atoms with Crippen molar-refractivity contribution in [2.24, 2.45) is 7.05 Å². The van der Waals surface area contributed by atoms with Crippen LogP contribution in [0.2, 0.25) is 0 Å². The van der Waals surface area contributed by atoms with E-state index in [1.165, 1.54) is 5.56 Å². The first-order valence-corrected chi connectivity index (χ1v) is 10.7. The highest BCUT2D eigenvalue weighted by molar-refractivity contribution is 9.10. The molecule has 2 rings (SSSR count). The van der Waals surface area contributed by atoms with Gasteiger partial charge in [0.05, 0.1) is 7.05 Å². The molecule has 1 heterocycles. The van der Waals surface area contributed by atoms with Crippen LogP contribution in [0.5, 0.6) is 0 Å². The third-order valence-corrected chi connectivity index (χ3v) is 6.15. The van der Waals surface area contributed by atoms with Gasteiger partial charge in [0, 0.05) is 4.47 Å². The Morgan fingerprint density at radius 2 is 1.41 bits per heavy atom. The zero-order valence-corrected chi connectivity index (χ0v) is 17.4. The number of aryl methyl sites for hydroxylation is 1. The Morgan fingerprint density at radius 3 is 1.76 bits per heavy atom. The van der Waals surface area contributed by atoms with Crippen LogP contribution < -0.4 is 4.57 Å². The number of benzene rings is 1. The summed E-state index contributed by atoms with van der Waals surface area (Å²) in [4.78, 5) is 0. The van der Waals surface area contributed by atoms with Crippen LogP contribution in [0.25, 0.3) is 4.13 Å². The van der Waals surface area contributed by atoms with Crippen LogP contribution in [-0.2, 0) is 33.6 Å². The van der Waals surface area contributed by atoms with Gasteiger partial charge in [0.25, 0.3) is 0 Å². The van der Waals surface area contributed by atoms with E-state index in [4.69, 9.17) is 0 Å². The number of halogens is 7. The average molecular weight is 532 g/mol. The molecule has 1 aromatic heterocycles. The smallest absolute Gasteiger partial charge is 0.421 e. The van der Waals surface area contributed by atoms with Crippen molar-refractivity contribution in [1.82, 2.24) is 4.57 Å². The molecule has 0 saturated heterocycles. The molecule has 0 atom stereocenters. The third-order valence-electron chi connectivity index (χ3n) is 2.88. The Morgan fingerprint density at radius 1 is 0.966 bits per heavy atom. The van der Waals surface area contributed by atoms with Crippen LogP contribution in [0.3, 0.4) is 0 Å². The van der Waals surface area contributed by atoms with Crippen LogP contribution in [0.4, 0.5) is 26.3 Å². The molecule has 0 aliphatic carbocycles. The first-order chi connectivity index (χ1) is 12.9. The van der Waals surface area contributed by atoms with E-state index >= 15 is 0 Å². The Hall–Kier alpha value is -1.65. The lowest BCUT2D eigenvalue weighted by atomic mass is 10.2. The summed E-state index contributed by atoms with van der Waals surface area (Å²) < 4.78 is 115. The third kappa shape index (κ3) is 7.60. The number of imidazole rings is 1. The molecule has 0 radical (unpaired) electrons. The molecule has 1 aromatic carbocycles. The quantitative estimate of drug-likeness (QED) is 0.447. The lowest BCUT2D eigenvalue weighted by molar-refractivity contribution is -0.671. The minimum Gasteiger partial charge on any atom is -0.421 e. The van der Waals surface area contributed by atoms with Crippen LogP contribution in [0, 0.1) is 0 Å². The van der Waals surface area contributed by atoms with Gasteiger partial charge in [-0.15, -0.1) is 0 Å². The maximum absolute atomic E-state index is 11.4. The summed E-state index contributed by atoms with van der Waals surface area (Å²) in [6.07, 6.45) is 6.18. The zero-order chi connectivity index (χ0) is 22.7. The summed E-state index contributed by atoms with van der Waals surface area (Å²) in [5.41, 5.74) is -11.1. The summed E-state index contributed by atoms with van der Waals surface area (Å²) >= 11 is 3.42. The number of hydrogen-bond donors (Lipinski definition) is 0. The molecule has 29 heavy (non-hydrogen) atoms. The topological polar surface area (TPSA) is 91.2 Å². The summed E-state index contributed by atoms with van der Waals surface area (Å²) in [5, 5.41) is 0. The van der Waals surface area contributed by atoms with Gasteiger partial charge in [-0.1, -0.05) is 28.1 Å². The summed E-state index contributed by atoms with van der Waals surface area (Å²) in [5.74, 6) is 0. The van der Waals surface area contributed by atoms with Crippen LogP contribution in [0.15, 0.2) is 47.5 Å². The molecule has 2 aromatic rings. The fraction of sp³-hybridized carbons (Fsp3) is 0.308. The Bertz CT molecular complexity index is 990. The molecular weight excluding hydrogens is 520 g/mol. The van der Waals surface area contributed by atoms with E-state index in [9.17, 15) is 43.2 Å². The van der Waals surface area contributed by atoms with Gasteiger partial charge >= 0.3 is 11.0 Å². The van der Waals surface area contributed by atoms with E-state index in [1.54, 1.807) is 0 Å². The first kappa shape index (κ1) is 25.4. The van der Waals surface area contributed by atoms with Crippen molar-refractivity contribution in [3.63, 3.8) is 0 Å². The number of nitrogens with zero attached hydrogens (tertiary/aromatic N) is 3. The molecule has 0 saturated carbocycles. The highest BCUT2D eigenvalue weighted by atomic mass is 79.9. The molecule has 0 amide bonds. The zero-order valence-electron chi connectivity index (χ0n) is 14.2. The predicted octanol–water partition coefficient (Wildman–Crippen LogP) is 3.18. The van der Waals surface area contributed by atoms with Gasteiger partial charge in [0.1, 0.15) is 18.9 Å². The van der Waals surface area contributed by atoms with Crippen molar-refractivity contribution < 1.29 is 47.7 Å². The molecule has 0 bridgehead atoms. The molecule has 16 heteroatoms. The second-order valence-electron chi connectivity index (χ2n) is 5.29. The van der Waals surface area contributed by atoms with Crippen molar-refractivity contribution >= 4 is 36.0 Å². The van der Waals surface area contributed by atoms with Crippen LogP contribution in [-0.4, -0.2) is 32.4 Å². The molecule has 0 aliphatic rings. The van der Waals surface area contributed by atoms with E-state index in [-0.39, 0.29) is 0 Å². The van der Waals surface area contributed by atoms with Gasteiger partial charge in [-0.2, -0.15) is 26.3 Å². The van der Waals surface area contributed by atoms with Crippen LogP contribution in [0.1, 0.15) is 5.56 Å². The summed E-state index contributed by atoms with van der Waals surface area (Å²) in [6.45, 7) is 0.925. The van der Waals surface area contributed by atoms with Gasteiger partial charge in [0.15, 0.2) is 20.0 Å². The number of rotatable bonds is 4. The predicted molar refractivity (Wildman–Crippen MR) is 92.2 cm³/mol.